The minimum atomic E-state index is -0.158. The Bertz CT molecular complexity index is 1110. The fourth-order valence-corrected chi connectivity index (χ4v) is 7.02. The lowest BCUT2D eigenvalue weighted by Gasteiger charge is -2.42. The molecule has 6 heterocycles. The van der Waals surface area contributed by atoms with Gasteiger partial charge in [0.25, 0.3) is 0 Å². The van der Waals surface area contributed by atoms with Gasteiger partial charge in [0.2, 0.25) is 0 Å². The van der Waals surface area contributed by atoms with E-state index in [1.165, 1.54) is 11.8 Å². The second-order valence-electron chi connectivity index (χ2n) is 10.6. The third kappa shape index (κ3) is 3.85. The second kappa shape index (κ2) is 8.76. The third-order valence-corrected chi connectivity index (χ3v) is 9.40. The summed E-state index contributed by atoms with van der Waals surface area (Å²) in [5, 5.41) is 10.9. The molecule has 0 amide bonds. The predicted molar refractivity (Wildman–Crippen MR) is 134 cm³/mol. The highest BCUT2D eigenvalue weighted by molar-refractivity contribution is 7.99. The molecular weight excluding hydrogens is 464 g/mol. The van der Waals surface area contributed by atoms with Gasteiger partial charge in [0.1, 0.15) is 17.3 Å². The maximum atomic E-state index is 10.1. The van der Waals surface area contributed by atoms with Gasteiger partial charge in [-0.25, -0.2) is 15.0 Å². The number of anilines is 2. The first kappa shape index (κ1) is 23.3. The van der Waals surface area contributed by atoms with Crippen molar-refractivity contribution in [3.8, 4) is 5.75 Å². The van der Waals surface area contributed by atoms with Crippen LogP contribution in [0.15, 0.2) is 28.4 Å². The average molecular weight is 499 g/mol. The molecule has 188 valence electrons. The maximum Gasteiger partial charge on any atom is 0.175 e. The Hall–Kier alpha value is -2.14. The standard InChI is InChI=1S/C25H34N6O3S/c1-16-21(26)25(15-33-16)6-10-30(11-7-25)22-17(13-32)29-19(12-28-22)35-18-4-8-27-23-20(18)34-14-24(2)5-3-9-31(23)24/h4,8,12,16,21,32H,3,5-7,9-11,13-15,26H2,1-2H3/t16-,21?,24+/m0/s1. The van der Waals surface area contributed by atoms with E-state index in [4.69, 9.17) is 25.2 Å². The van der Waals surface area contributed by atoms with Gasteiger partial charge in [-0.3, -0.25) is 0 Å². The lowest BCUT2D eigenvalue weighted by Crippen LogP contribution is -2.51. The predicted octanol–water partition coefficient (Wildman–Crippen LogP) is 2.60. The van der Waals surface area contributed by atoms with Gasteiger partial charge in [0.15, 0.2) is 17.4 Å². The van der Waals surface area contributed by atoms with Gasteiger partial charge >= 0.3 is 0 Å². The number of hydrogen-bond acceptors (Lipinski definition) is 10. The SMILES string of the molecule is C[C@@H]1OCC2(CCN(c3ncc(Sc4ccnc5c4OC[C@@]4(C)CCCN54)nc3CO)CC2)C1N. The van der Waals surface area contributed by atoms with E-state index < -0.39 is 0 Å². The van der Waals surface area contributed by atoms with Gasteiger partial charge in [0.05, 0.1) is 35.9 Å². The molecule has 3 atom stereocenters. The lowest BCUT2D eigenvalue weighted by atomic mass is 9.73. The summed E-state index contributed by atoms with van der Waals surface area (Å²) in [6, 6.07) is 2.03. The largest absolute Gasteiger partial charge is 0.486 e. The van der Waals surface area contributed by atoms with Gasteiger partial charge in [-0.05, 0) is 45.6 Å². The average Bonchev–Trinajstić information content (AvgIpc) is 3.40. The minimum absolute atomic E-state index is 0.0222. The summed E-state index contributed by atoms with van der Waals surface area (Å²) in [7, 11) is 0. The van der Waals surface area contributed by atoms with Crippen molar-refractivity contribution in [3.63, 3.8) is 0 Å². The highest BCUT2D eigenvalue weighted by atomic mass is 32.2. The molecule has 0 aliphatic carbocycles. The van der Waals surface area contributed by atoms with Gasteiger partial charge in [-0.15, -0.1) is 0 Å². The minimum Gasteiger partial charge on any atom is -0.486 e. The third-order valence-electron chi connectivity index (χ3n) is 8.45. The van der Waals surface area contributed by atoms with E-state index in [-0.39, 0.29) is 29.7 Å². The van der Waals surface area contributed by atoms with Crippen LogP contribution < -0.4 is 20.3 Å². The zero-order valence-electron chi connectivity index (χ0n) is 20.4. The molecule has 0 saturated carbocycles. The number of aliphatic hydroxyl groups excluding tert-OH is 1. The van der Waals surface area contributed by atoms with Crippen LogP contribution in [0.4, 0.5) is 11.6 Å². The number of ether oxygens (including phenoxy) is 2. The summed E-state index contributed by atoms with van der Waals surface area (Å²) in [5.74, 6) is 2.49. The molecule has 1 spiro atoms. The highest BCUT2D eigenvalue weighted by Crippen LogP contribution is 2.47. The van der Waals surface area contributed by atoms with Crippen LogP contribution >= 0.6 is 11.8 Å². The number of piperidine rings is 1. The molecule has 0 radical (unpaired) electrons. The summed E-state index contributed by atoms with van der Waals surface area (Å²) >= 11 is 1.51. The Morgan fingerprint density at radius 3 is 2.74 bits per heavy atom. The number of hydrogen-bond donors (Lipinski definition) is 2. The normalized spacial score (nSPS) is 29.3. The molecule has 0 aromatic carbocycles. The molecule has 3 N–H and O–H groups in total. The number of nitrogens with two attached hydrogens (primary N) is 1. The van der Waals surface area contributed by atoms with E-state index in [0.717, 1.165) is 79.2 Å². The Morgan fingerprint density at radius 1 is 1.17 bits per heavy atom. The van der Waals surface area contributed by atoms with Gasteiger partial charge in [-0.2, -0.15) is 0 Å². The topological polar surface area (TPSA) is 110 Å². The van der Waals surface area contributed by atoms with Crippen LogP contribution in [0.1, 0.15) is 45.2 Å². The fourth-order valence-electron chi connectivity index (χ4n) is 6.16. The molecule has 3 saturated heterocycles. The summed E-state index contributed by atoms with van der Waals surface area (Å²) in [6.07, 6.45) is 7.92. The van der Waals surface area contributed by atoms with E-state index in [1.54, 1.807) is 6.20 Å². The second-order valence-corrected chi connectivity index (χ2v) is 11.7. The molecule has 3 fully saturated rings. The number of nitrogens with zero attached hydrogens (tertiary/aromatic N) is 5. The van der Waals surface area contributed by atoms with Crippen molar-refractivity contribution in [2.24, 2.45) is 11.1 Å². The molecule has 6 rings (SSSR count). The first-order valence-corrected chi connectivity index (χ1v) is 13.4. The van der Waals surface area contributed by atoms with Crippen molar-refractivity contribution in [1.82, 2.24) is 15.0 Å². The molecule has 4 aliphatic heterocycles. The summed E-state index contributed by atoms with van der Waals surface area (Å²) in [6.45, 7) is 8.21. The van der Waals surface area contributed by atoms with Crippen LogP contribution in [-0.2, 0) is 11.3 Å². The molecule has 0 bridgehead atoms. The molecule has 2 aromatic heterocycles. The zero-order valence-corrected chi connectivity index (χ0v) is 21.3. The Labute approximate surface area is 210 Å². The molecular formula is C25H34N6O3S. The quantitative estimate of drug-likeness (QED) is 0.653. The smallest absolute Gasteiger partial charge is 0.175 e. The van der Waals surface area contributed by atoms with E-state index in [9.17, 15) is 5.11 Å². The van der Waals surface area contributed by atoms with Crippen molar-refractivity contribution >= 4 is 23.4 Å². The highest BCUT2D eigenvalue weighted by Gasteiger charge is 2.48. The first-order chi connectivity index (χ1) is 16.9. The number of rotatable bonds is 4. The van der Waals surface area contributed by atoms with E-state index >= 15 is 0 Å². The van der Waals surface area contributed by atoms with E-state index in [0.29, 0.717) is 12.3 Å². The molecule has 10 heteroatoms. The number of aliphatic hydroxyl groups is 1. The van der Waals surface area contributed by atoms with Crippen LogP contribution in [-0.4, -0.2) is 70.6 Å². The maximum absolute atomic E-state index is 10.1. The monoisotopic (exact) mass is 498 g/mol. The van der Waals surface area contributed by atoms with Gasteiger partial charge in [0, 0.05) is 37.3 Å². The summed E-state index contributed by atoms with van der Waals surface area (Å²) in [4.78, 5) is 19.7. The zero-order chi connectivity index (χ0) is 24.2. The fraction of sp³-hybridized carbons (Fsp3) is 0.640. The molecule has 4 aliphatic rings. The number of fused-ring (bicyclic) bond motifs is 3. The van der Waals surface area contributed by atoms with Crippen LogP contribution in [0.2, 0.25) is 0 Å². The van der Waals surface area contributed by atoms with Crippen molar-refractivity contribution < 1.29 is 14.6 Å². The van der Waals surface area contributed by atoms with Gasteiger partial charge in [-0.1, -0.05) is 11.8 Å². The van der Waals surface area contributed by atoms with Gasteiger partial charge < -0.3 is 30.1 Å². The number of aromatic nitrogens is 3. The van der Waals surface area contributed by atoms with E-state index in [2.05, 4.69) is 28.6 Å². The first-order valence-electron chi connectivity index (χ1n) is 12.6. The van der Waals surface area contributed by atoms with Crippen molar-refractivity contribution in [2.75, 3.05) is 42.6 Å². The molecule has 2 aromatic rings. The Balaban J connectivity index is 1.20. The molecule has 35 heavy (non-hydrogen) atoms. The van der Waals surface area contributed by atoms with E-state index in [1.807, 2.05) is 12.3 Å². The Morgan fingerprint density at radius 2 is 2.00 bits per heavy atom. The Kier molecular flexibility index (Phi) is 5.82. The molecule has 1 unspecified atom stereocenters. The summed E-state index contributed by atoms with van der Waals surface area (Å²) in [5.41, 5.74) is 7.14. The van der Waals surface area contributed by atoms with Crippen molar-refractivity contribution in [1.29, 1.82) is 0 Å². The van der Waals surface area contributed by atoms with Crippen LogP contribution in [0.5, 0.6) is 5.75 Å². The van der Waals surface area contributed by atoms with Crippen LogP contribution in [0.3, 0.4) is 0 Å². The number of pyridine rings is 1. The lowest BCUT2D eigenvalue weighted by molar-refractivity contribution is 0.0973. The van der Waals surface area contributed by atoms with Crippen LogP contribution in [0.25, 0.3) is 0 Å². The van der Waals surface area contributed by atoms with Crippen LogP contribution in [0, 0.1) is 5.41 Å². The van der Waals surface area contributed by atoms with Crippen molar-refractivity contribution in [3.05, 3.63) is 24.2 Å². The van der Waals surface area contributed by atoms with Crippen molar-refractivity contribution in [2.45, 2.75) is 73.7 Å². The summed E-state index contributed by atoms with van der Waals surface area (Å²) < 4.78 is 12.1. The molecule has 9 nitrogen and oxygen atoms in total.